The van der Waals surface area contributed by atoms with Crippen molar-refractivity contribution in [3.8, 4) is 0 Å². The van der Waals surface area contributed by atoms with Gasteiger partial charge in [0.25, 0.3) is 0 Å². The summed E-state index contributed by atoms with van der Waals surface area (Å²) in [6.45, 7) is 2.17. The van der Waals surface area contributed by atoms with Gasteiger partial charge in [0.2, 0.25) is 0 Å². The van der Waals surface area contributed by atoms with E-state index in [1.807, 2.05) is 12.1 Å². The summed E-state index contributed by atoms with van der Waals surface area (Å²) >= 11 is 5.97. The van der Waals surface area contributed by atoms with E-state index >= 15 is 0 Å². The predicted octanol–water partition coefficient (Wildman–Crippen LogP) is 2.12. The van der Waals surface area contributed by atoms with E-state index in [1.54, 1.807) is 0 Å². The molecular formula is C17H22ClN3O4. The van der Waals surface area contributed by atoms with Crippen LogP contribution < -0.4 is 4.90 Å². The Morgan fingerprint density at radius 3 is 2.20 bits per heavy atom. The first kappa shape index (κ1) is 19.2. The number of nitrogens with zero attached hydrogens (tertiary/aromatic N) is 3. The number of hydrogen-bond donors (Lipinski definition) is 2. The van der Waals surface area contributed by atoms with Crippen molar-refractivity contribution in [2.24, 2.45) is 0 Å². The van der Waals surface area contributed by atoms with Crippen LogP contribution in [-0.2, 0) is 9.59 Å². The van der Waals surface area contributed by atoms with Gasteiger partial charge in [-0.3, -0.25) is 4.90 Å². The highest BCUT2D eigenvalue weighted by molar-refractivity contribution is 6.29. The lowest BCUT2D eigenvalue weighted by molar-refractivity contribution is -0.134. The summed E-state index contributed by atoms with van der Waals surface area (Å²) in [7, 11) is 2.26. The summed E-state index contributed by atoms with van der Waals surface area (Å²) in [5.41, 5.74) is 0. The molecule has 2 bridgehead atoms. The average Bonchev–Trinajstić information content (AvgIpc) is 2.53. The van der Waals surface area contributed by atoms with Crippen molar-refractivity contribution in [1.29, 1.82) is 0 Å². The number of likely N-dealkylation sites (N-methyl/N-ethyl adjacent to an activating group) is 1. The first-order chi connectivity index (χ1) is 11.9. The number of halogens is 1. The maximum atomic E-state index is 9.55. The minimum Gasteiger partial charge on any atom is -0.478 e. The molecule has 0 saturated carbocycles. The molecule has 3 heterocycles. The van der Waals surface area contributed by atoms with Gasteiger partial charge in [0.05, 0.1) is 0 Å². The van der Waals surface area contributed by atoms with Gasteiger partial charge in [-0.15, -0.1) is 0 Å². The van der Waals surface area contributed by atoms with E-state index < -0.39 is 11.9 Å². The molecule has 2 aliphatic rings. The second-order valence-corrected chi connectivity index (χ2v) is 6.52. The van der Waals surface area contributed by atoms with Gasteiger partial charge in [-0.2, -0.15) is 0 Å². The Morgan fingerprint density at radius 1 is 1.16 bits per heavy atom. The van der Waals surface area contributed by atoms with E-state index in [1.165, 1.54) is 19.3 Å². The average molecular weight is 368 g/mol. The fourth-order valence-corrected chi connectivity index (χ4v) is 3.38. The minimum absolute atomic E-state index is 0.558. The van der Waals surface area contributed by atoms with E-state index in [4.69, 9.17) is 21.8 Å². The molecule has 2 aliphatic heterocycles. The number of carbonyl (C=O) groups is 2. The van der Waals surface area contributed by atoms with Gasteiger partial charge >= 0.3 is 11.9 Å². The van der Waals surface area contributed by atoms with Gasteiger partial charge < -0.3 is 15.1 Å². The van der Waals surface area contributed by atoms with Crippen molar-refractivity contribution in [2.45, 2.75) is 31.3 Å². The Hall–Kier alpha value is -2.12. The van der Waals surface area contributed by atoms with Gasteiger partial charge in [0.1, 0.15) is 11.0 Å². The van der Waals surface area contributed by atoms with Crippen LogP contribution in [-0.4, -0.2) is 64.3 Å². The molecule has 0 aliphatic carbocycles. The Balaban J connectivity index is 0.000000242. The molecule has 136 valence electrons. The van der Waals surface area contributed by atoms with E-state index in [2.05, 4.69) is 27.9 Å². The second-order valence-electron chi connectivity index (χ2n) is 6.14. The zero-order valence-electron chi connectivity index (χ0n) is 14.0. The van der Waals surface area contributed by atoms with Gasteiger partial charge in [0.15, 0.2) is 0 Å². The molecule has 0 aromatic carbocycles. The Bertz CT molecular complexity index is 623. The normalized spacial score (nSPS) is 23.0. The van der Waals surface area contributed by atoms with Crippen molar-refractivity contribution >= 4 is 29.4 Å². The zero-order valence-corrected chi connectivity index (χ0v) is 14.8. The van der Waals surface area contributed by atoms with Crippen LogP contribution in [0.5, 0.6) is 0 Å². The molecule has 2 fully saturated rings. The van der Waals surface area contributed by atoms with Crippen LogP contribution in [0, 0.1) is 0 Å². The van der Waals surface area contributed by atoms with Crippen LogP contribution in [0.4, 0.5) is 5.82 Å². The number of aromatic nitrogens is 1. The lowest BCUT2D eigenvalue weighted by Gasteiger charge is -2.48. The number of anilines is 1. The van der Waals surface area contributed by atoms with Crippen molar-refractivity contribution < 1.29 is 19.8 Å². The molecule has 0 radical (unpaired) electrons. The lowest BCUT2D eigenvalue weighted by atomic mass is 9.92. The third-order valence-electron chi connectivity index (χ3n) is 4.48. The third-order valence-corrected chi connectivity index (χ3v) is 4.69. The third kappa shape index (κ3) is 5.72. The Kier molecular flexibility index (Phi) is 6.78. The van der Waals surface area contributed by atoms with Gasteiger partial charge in [-0.1, -0.05) is 24.1 Å². The van der Waals surface area contributed by atoms with Crippen LogP contribution in [0.3, 0.4) is 0 Å². The summed E-state index contributed by atoms with van der Waals surface area (Å²) < 4.78 is 0. The number of piperazine rings is 1. The van der Waals surface area contributed by atoms with Gasteiger partial charge in [-0.25, -0.2) is 14.6 Å². The minimum atomic E-state index is -1.26. The highest BCUT2D eigenvalue weighted by atomic mass is 35.5. The molecular weight excluding hydrogens is 346 g/mol. The first-order valence-corrected chi connectivity index (χ1v) is 8.48. The van der Waals surface area contributed by atoms with Crippen molar-refractivity contribution in [3.63, 3.8) is 0 Å². The van der Waals surface area contributed by atoms with Gasteiger partial charge in [-0.05, 0) is 32.0 Å². The fraction of sp³-hybridized carbons (Fsp3) is 0.471. The maximum absolute atomic E-state index is 9.55. The van der Waals surface area contributed by atoms with Crippen molar-refractivity contribution in [1.82, 2.24) is 9.88 Å². The van der Waals surface area contributed by atoms with E-state index in [0.29, 0.717) is 29.4 Å². The standard InChI is InChI=1S/C13H18ClN3.C4H4O4/c1-16-10-4-2-5-11(16)9-17(8-10)13-7-3-6-12(14)15-13;5-3(6)1-2-4(7)8/h3,6-7,10-11H,2,4-5,8-9H2,1H3;1-2H,(H,5,6)(H,7,8)/b;2-1+. The van der Waals surface area contributed by atoms with Crippen LogP contribution in [0.1, 0.15) is 19.3 Å². The van der Waals surface area contributed by atoms with Crippen LogP contribution >= 0.6 is 11.6 Å². The number of hydrogen-bond acceptors (Lipinski definition) is 5. The number of carboxylic acids is 2. The summed E-state index contributed by atoms with van der Waals surface area (Å²) in [6.07, 6.45) is 5.11. The second kappa shape index (κ2) is 8.82. The quantitative estimate of drug-likeness (QED) is 0.624. The molecule has 2 saturated heterocycles. The molecule has 2 N–H and O–H groups in total. The lowest BCUT2D eigenvalue weighted by Crippen LogP contribution is -2.59. The first-order valence-electron chi connectivity index (χ1n) is 8.10. The molecule has 25 heavy (non-hydrogen) atoms. The molecule has 2 unspecified atom stereocenters. The summed E-state index contributed by atoms with van der Waals surface area (Å²) in [5, 5.41) is 16.2. The van der Waals surface area contributed by atoms with Crippen LogP contribution in [0.15, 0.2) is 30.4 Å². The molecule has 7 nitrogen and oxygen atoms in total. The molecule has 2 atom stereocenters. The highest BCUT2D eigenvalue weighted by Crippen LogP contribution is 2.29. The number of aliphatic carboxylic acids is 2. The van der Waals surface area contributed by atoms with Crippen LogP contribution in [0.25, 0.3) is 0 Å². The number of piperidine rings is 1. The predicted molar refractivity (Wildman–Crippen MR) is 95.1 cm³/mol. The molecule has 0 amide bonds. The number of fused-ring (bicyclic) bond motifs is 2. The molecule has 1 aromatic rings. The number of pyridine rings is 1. The van der Waals surface area contributed by atoms with E-state index in [9.17, 15) is 9.59 Å². The molecule has 1 aromatic heterocycles. The van der Waals surface area contributed by atoms with E-state index in [-0.39, 0.29) is 0 Å². The molecule has 3 rings (SSSR count). The van der Waals surface area contributed by atoms with Crippen molar-refractivity contribution in [3.05, 3.63) is 35.5 Å². The maximum Gasteiger partial charge on any atom is 0.328 e. The molecule has 8 heteroatoms. The van der Waals surface area contributed by atoms with Crippen molar-refractivity contribution in [2.75, 3.05) is 25.0 Å². The number of rotatable bonds is 3. The zero-order chi connectivity index (χ0) is 18.4. The summed E-state index contributed by atoms with van der Waals surface area (Å²) in [4.78, 5) is 28.5. The Morgan fingerprint density at radius 2 is 1.72 bits per heavy atom. The topological polar surface area (TPSA) is 94.0 Å². The van der Waals surface area contributed by atoms with Gasteiger partial charge in [0, 0.05) is 37.3 Å². The van der Waals surface area contributed by atoms with Crippen LogP contribution in [0.2, 0.25) is 5.15 Å². The molecule has 0 spiro atoms. The highest BCUT2D eigenvalue weighted by Gasteiger charge is 2.35. The summed E-state index contributed by atoms with van der Waals surface area (Å²) in [6, 6.07) is 7.25. The SMILES string of the molecule is CN1C2CCCC1CN(c1cccc(Cl)n1)C2.O=C(O)/C=C/C(=O)O. The summed E-state index contributed by atoms with van der Waals surface area (Å²) in [5.74, 6) is -1.48. The fourth-order valence-electron chi connectivity index (χ4n) is 3.22. The largest absolute Gasteiger partial charge is 0.478 e. The smallest absolute Gasteiger partial charge is 0.328 e. The Labute approximate surface area is 151 Å². The van der Waals surface area contributed by atoms with E-state index in [0.717, 1.165) is 18.9 Å². The number of carboxylic acid groups (broad SMARTS) is 2. The monoisotopic (exact) mass is 367 g/mol.